The van der Waals surface area contributed by atoms with Gasteiger partial charge >= 0.3 is 5.97 Å². The number of aliphatic hydroxyl groups is 4. The van der Waals surface area contributed by atoms with Crippen molar-refractivity contribution in [3.8, 4) is 0 Å². The Labute approximate surface area is 410 Å². The highest BCUT2D eigenvalue weighted by molar-refractivity contribution is 6.30. The molecule has 1 aromatic rings. The van der Waals surface area contributed by atoms with E-state index in [0.717, 1.165) is 17.7 Å². The smallest absolute Gasteiger partial charge is 0.311 e. The minimum Gasteiger partial charge on any atom is -0.459 e. The number of cyclic esters (lactones) is 1. The van der Waals surface area contributed by atoms with E-state index in [-0.39, 0.29) is 37.3 Å². The molecule has 0 aromatic heterocycles. The zero-order valence-corrected chi connectivity index (χ0v) is 43.6. The summed E-state index contributed by atoms with van der Waals surface area (Å²) < 4.78 is 52.9. The normalized spacial score (nSPS) is 41.1. The molecule has 18 atom stereocenters. The summed E-state index contributed by atoms with van der Waals surface area (Å²) >= 11 is 6.07. The first-order chi connectivity index (χ1) is 31.8. The number of methoxy groups -OCH3 is 1. The zero-order valence-electron chi connectivity index (χ0n) is 42.9. The van der Waals surface area contributed by atoms with Gasteiger partial charge in [-0.05, 0) is 112 Å². The van der Waals surface area contributed by atoms with Gasteiger partial charge < -0.3 is 64.1 Å². The van der Waals surface area contributed by atoms with Gasteiger partial charge in [-0.1, -0.05) is 44.5 Å². The lowest BCUT2D eigenvalue weighted by atomic mass is 9.77. The van der Waals surface area contributed by atoms with Gasteiger partial charge in [-0.2, -0.15) is 0 Å². The van der Waals surface area contributed by atoms with E-state index in [1.165, 1.54) is 14.0 Å². The Kier molecular flexibility index (Phi) is 20.0. The molecule has 0 aliphatic carbocycles. The summed E-state index contributed by atoms with van der Waals surface area (Å²) in [5.41, 5.74) is 3.89. The Morgan fingerprint density at radius 1 is 0.985 bits per heavy atom. The molecule has 5 rings (SSSR count). The predicted octanol–water partition coefficient (Wildman–Crippen LogP) is 5.09. The maximum atomic E-state index is 14.5. The second-order valence-electron chi connectivity index (χ2n) is 21.3. The van der Waals surface area contributed by atoms with Crippen LogP contribution in [0.15, 0.2) is 36.2 Å². The molecule has 18 heteroatoms. The molecule has 0 unspecified atom stereocenters. The van der Waals surface area contributed by atoms with Gasteiger partial charge in [0.1, 0.15) is 30.6 Å². The Morgan fingerprint density at radius 2 is 1.66 bits per heavy atom. The number of rotatable bonds is 14. The summed E-state index contributed by atoms with van der Waals surface area (Å²) in [7, 11) is 5.45. The van der Waals surface area contributed by atoms with Gasteiger partial charge in [-0.25, -0.2) is 4.39 Å². The standard InChI is InChI=1S/C50H85ClFN5O11/c1-14-40-50(10,62)44(58)33(6)56(12)27-29(2)24-48(8,61)46(31(4)43(32(5)47(60)66-40)67-42-25-49(9,63-13)45(59)34(7)65-42)68-41-23-38(21-30(3)64-41)55(11)20-19-37-28-57(54-53-37)39(26-52)22-35-15-17-36(51)18-16-35/h15-18,28-34,38-46,53-54,58-59,61-62H,14,19-27H2,1-13H3/t29-,30-,31+,32-,33-,34+,38+,39+,40-,41+,42+,43+,44-,45+,46-,48-,49-,50-/m1/s1. The highest BCUT2D eigenvalue weighted by Crippen LogP contribution is 2.40. The summed E-state index contributed by atoms with van der Waals surface area (Å²) in [5.74, 6) is -2.50. The van der Waals surface area contributed by atoms with Crippen LogP contribution in [0.5, 0.6) is 0 Å². The lowest BCUT2D eigenvalue weighted by Gasteiger charge is -2.48. The third kappa shape index (κ3) is 13.8. The zero-order chi connectivity index (χ0) is 50.5. The summed E-state index contributed by atoms with van der Waals surface area (Å²) in [6.45, 7) is 18.6. The van der Waals surface area contributed by atoms with Crippen molar-refractivity contribution in [1.29, 1.82) is 0 Å². The number of alkyl halides is 1. The van der Waals surface area contributed by atoms with Crippen LogP contribution in [0, 0.1) is 17.8 Å². The number of hydrogen-bond acceptors (Lipinski definition) is 16. The molecule has 6 N–H and O–H groups in total. The van der Waals surface area contributed by atoms with Gasteiger partial charge in [-0.15, -0.1) is 5.53 Å². The van der Waals surface area contributed by atoms with Crippen LogP contribution in [0.4, 0.5) is 4.39 Å². The molecular formula is C50H85ClFN5O11. The van der Waals surface area contributed by atoms with Crippen molar-refractivity contribution in [2.24, 2.45) is 17.8 Å². The molecule has 0 bridgehead atoms. The van der Waals surface area contributed by atoms with Gasteiger partial charge in [0.05, 0.1) is 47.6 Å². The number of carbonyl (C=O) groups is 1. The quantitative estimate of drug-likeness (QED) is 0.135. The fraction of sp³-hybridized carbons (Fsp3) is 0.820. The molecule has 3 saturated heterocycles. The average molecular weight is 987 g/mol. The maximum absolute atomic E-state index is 14.5. The van der Waals surface area contributed by atoms with E-state index in [4.69, 9.17) is 40.0 Å². The van der Waals surface area contributed by atoms with Crippen LogP contribution in [0.3, 0.4) is 0 Å². The summed E-state index contributed by atoms with van der Waals surface area (Å²) in [4.78, 5) is 18.7. The Hall–Kier alpha value is -2.23. The molecule has 3 fully saturated rings. The molecule has 0 radical (unpaired) electrons. The van der Waals surface area contributed by atoms with E-state index < -0.39 is 103 Å². The second kappa shape index (κ2) is 24.0. The maximum Gasteiger partial charge on any atom is 0.311 e. The highest BCUT2D eigenvalue weighted by Gasteiger charge is 2.52. The van der Waals surface area contributed by atoms with E-state index in [2.05, 4.69) is 22.9 Å². The molecule has 0 saturated carbocycles. The number of nitrogens with zero attached hydrogens (tertiary/aromatic N) is 3. The van der Waals surface area contributed by atoms with E-state index in [1.807, 2.05) is 70.1 Å². The first-order valence-corrected chi connectivity index (χ1v) is 25.1. The molecule has 1 aromatic carbocycles. The number of carbonyl (C=O) groups excluding carboxylic acids is 1. The molecule has 4 aliphatic rings. The number of benzene rings is 1. The minimum absolute atomic E-state index is 0.0382. The van der Waals surface area contributed by atoms with E-state index in [9.17, 15) is 29.6 Å². The number of nitrogens with one attached hydrogen (secondary N) is 2. The molecular weight excluding hydrogens is 901 g/mol. The minimum atomic E-state index is -1.81. The van der Waals surface area contributed by atoms with Gasteiger partial charge in [0.2, 0.25) is 0 Å². The van der Waals surface area contributed by atoms with Crippen LogP contribution in [0.25, 0.3) is 0 Å². The van der Waals surface area contributed by atoms with Gasteiger partial charge in [0.15, 0.2) is 12.6 Å². The second-order valence-corrected chi connectivity index (χ2v) is 21.7. The van der Waals surface area contributed by atoms with E-state index in [0.29, 0.717) is 37.4 Å². The van der Waals surface area contributed by atoms with Crippen LogP contribution in [-0.2, 0) is 39.6 Å². The summed E-state index contributed by atoms with van der Waals surface area (Å²) in [6.07, 6.45) is -2.88. The van der Waals surface area contributed by atoms with Gasteiger partial charge in [-0.3, -0.25) is 9.80 Å². The molecule has 0 amide bonds. The predicted molar refractivity (Wildman–Crippen MR) is 257 cm³/mol. The fourth-order valence-electron chi connectivity index (χ4n) is 10.9. The third-order valence-corrected chi connectivity index (χ3v) is 15.6. The number of esters is 1. The molecule has 390 valence electrons. The van der Waals surface area contributed by atoms with Crippen molar-refractivity contribution in [2.45, 2.75) is 204 Å². The number of ether oxygens (including phenoxy) is 6. The fourth-order valence-corrected chi connectivity index (χ4v) is 11.0. The topological polar surface area (TPSA) is 187 Å². The number of hydrogen-bond donors (Lipinski definition) is 6. The van der Waals surface area contributed by atoms with Crippen molar-refractivity contribution in [2.75, 3.05) is 41.0 Å². The summed E-state index contributed by atoms with van der Waals surface area (Å²) in [5, 5.41) is 49.8. The Morgan fingerprint density at radius 3 is 2.29 bits per heavy atom. The third-order valence-electron chi connectivity index (χ3n) is 15.4. The summed E-state index contributed by atoms with van der Waals surface area (Å²) in [6, 6.07) is 6.52. The Bertz CT molecular complexity index is 1780. The monoisotopic (exact) mass is 986 g/mol. The molecule has 16 nitrogen and oxygen atoms in total. The van der Waals surface area contributed by atoms with Gasteiger partial charge in [0.25, 0.3) is 0 Å². The SMILES string of the molecule is CC[C@H]1OC(=O)[C@H](C)[C@@H](O[C@H]2C[C@@](C)(OC)[C@@H](O)[C@H](C)O2)[C@H](C)[C@@H](O[C@H]2C[C@@H](N(C)CCC3=CN([C@H](CF)Cc4ccc(Cl)cc4)NN3)C[C@@H](C)O2)[C@](C)(O)C[C@@H](C)CN(C)[C@H](C)[C@@H](O)[C@]1(C)O. The van der Waals surface area contributed by atoms with Crippen molar-refractivity contribution < 1.29 is 58.0 Å². The number of halogens is 2. The van der Waals surface area contributed by atoms with Crippen LogP contribution in [0.1, 0.15) is 113 Å². The molecule has 4 heterocycles. The first kappa shape index (κ1) is 56.7. The lowest BCUT2D eigenvalue weighted by molar-refractivity contribution is -0.308. The molecule has 4 aliphatic heterocycles. The van der Waals surface area contributed by atoms with Crippen molar-refractivity contribution in [1.82, 2.24) is 25.8 Å². The largest absolute Gasteiger partial charge is 0.459 e. The number of aliphatic hydroxyl groups excluding tert-OH is 2. The first-order valence-electron chi connectivity index (χ1n) is 24.7. The van der Waals surface area contributed by atoms with Crippen molar-refractivity contribution in [3.63, 3.8) is 0 Å². The van der Waals surface area contributed by atoms with Crippen molar-refractivity contribution >= 4 is 17.6 Å². The lowest BCUT2D eigenvalue weighted by Crippen LogP contribution is -2.59. The van der Waals surface area contributed by atoms with E-state index in [1.54, 1.807) is 39.6 Å². The van der Waals surface area contributed by atoms with Crippen LogP contribution >= 0.6 is 11.6 Å². The van der Waals surface area contributed by atoms with Crippen LogP contribution in [0.2, 0.25) is 5.02 Å². The van der Waals surface area contributed by atoms with Crippen LogP contribution in [-0.4, -0.2) is 172 Å². The van der Waals surface area contributed by atoms with Gasteiger partial charge in [0, 0.05) is 74.4 Å². The van der Waals surface area contributed by atoms with E-state index >= 15 is 0 Å². The van der Waals surface area contributed by atoms with Crippen molar-refractivity contribution in [3.05, 3.63) is 46.7 Å². The number of hydrazine groups is 2. The molecule has 0 spiro atoms. The van der Waals surface area contributed by atoms with Crippen LogP contribution < -0.4 is 11.0 Å². The Balaban J connectivity index is 1.41. The highest BCUT2D eigenvalue weighted by atomic mass is 35.5. The average Bonchev–Trinajstić information content (AvgIpc) is 3.76. The molecule has 68 heavy (non-hydrogen) atoms. The number of likely N-dealkylation sites (N-methyl/N-ethyl adjacent to an activating group) is 1.